The number of hydrogen-bond donors (Lipinski definition) is 1. The molecule has 2 fully saturated rings. The van der Waals surface area contributed by atoms with Gasteiger partial charge in [0.05, 0.1) is 18.4 Å². The van der Waals surface area contributed by atoms with Crippen LogP contribution in [0.2, 0.25) is 0 Å². The molecule has 0 radical (unpaired) electrons. The Morgan fingerprint density at radius 2 is 1.90 bits per heavy atom. The predicted molar refractivity (Wildman–Crippen MR) is 82.3 cm³/mol. The van der Waals surface area contributed by atoms with Gasteiger partial charge in [-0.1, -0.05) is 0 Å². The maximum Gasteiger partial charge on any atom is 0.138 e. The summed E-state index contributed by atoms with van der Waals surface area (Å²) in [5, 5.41) is 10.7. The number of fused-ring (bicyclic) bond motifs is 2. The molecule has 116 valence electrons. The lowest BCUT2D eigenvalue weighted by Gasteiger charge is -2.38. The Labute approximate surface area is 127 Å². The summed E-state index contributed by atoms with van der Waals surface area (Å²) in [6.07, 6.45) is 7.92. The van der Waals surface area contributed by atoms with Crippen LogP contribution in [0.25, 0.3) is 0 Å². The normalized spacial score (nSPS) is 30.6. The number of piperidine rings is 1. The molecule has 0 saturated carbocycles. The van der Waals surface area contributed by atoms with E-state index in [4.69, 9.17) is 4.74 Å². The first-order chi connectivity index (χ1) is 10.0. The van der Waals surface area contributed by atoms with Crippen LogP contribution in [-0.4, -0.2) is 40.2 Å². The minimum absolute atomic E-state index is 0.123. The molecule has 1 N–H and O–H groups in total. The quantitative estimate of drug-likeness (QED) is 0.926. The molecule has 3 unspecified atom stereocenters. The van der Waals surface area contributed by atoms with Crippen molar-refractivity contribution >= 4 is 0 Å². The molecule has 4 nitrogen and oxygen atoms in total. The van der Waals surface area contributed by atoms with E-state index in [1.54, 1.807) is 12.4 Å². The Balaban J connectivity index is 1.72. The largest absolute Gasteiger partial charge is 0.489 e. The number of aliphatic hydroxyl groups excluding tert-OH is 1. The summed E-state index contributed by atoms with van der Waals surface area (Å²) in [5.74, 6) is 1.09. The van der Waals surface area contributed by atoms with Crippen LogP contribution in [0.4, 0.5) is 0 Å². The van der Waals surface area contributed by atoms with Crippen LogP contribution in [0.1, 0.15) is 51.2 Å². The first-order valence-electron chi connectivity index (χ1n) is 8.06. The van der Waals surface area contributed by atoms with E-state index in [1.807, 2.05) is 19.9 Å². The SMILES string of the molecule is CC(C)Oc1cncc(C(O)C2CC3CCC(C2)N3C)c1. The van der Waals surface area contributed by atoms with Crippen molar-refractivity contribution in [1.29, 1.82) is 0 Å². The van der Waals surface area contributed by atoms with Gasteiger partial charge in [0.15, 0.2) is 0 Å². The van der Waals surface area contributed by atoms with E-state index in [2.05, 4.69) is 16.9 Å². The number of rotatable bonds is 4. The molecule has 3 heterocycles. The van der Waals surface area contributed by atoms with Crippen LogP contribution in [-0.2, 0) is 0 Å². The molecule has 3 rings (SSSR count). The van der Waals surface area contributed by atoms with Gasteiger partial charge in [0.25, 0.3) is 0 Å². The average molecular weight is 290 g/mol. The zero-order valence-corrected chi connectivity index (χ0v) is 13.2. The van der Waals surface area contributed by atoms with Crippen molar-refractivity contribution in [3.8, 4) is 5.75 Å². The van der Waals surface area contributed by atoms with Crippen LogP contribution in [0, 0.1) is 5.92 Å². The minimum Gasteiger partial charge on any atom is -0.489 e. The van der Waals surface area contributed by atoms with Crippen LogP contribution < -0.4 is 4.74 Å². The zero-order chi connectivity index (χ0) is 15.0. The second kappa shape index (κ2) is 5.93. The fourth-order valence-electron chi connectivity index (χ4n) is 3.92. The highest BCUT2D eigenvalue weighted by atomic mass is 16.5. The lowest BCUT2D eigenvalue weighted by atomic mass is 9.84. The minimum atomic E-state index is -0.426. The van der Waals surface area contributed by atoms with Gasteiger partial charge in [-0.2, -0.15) is 0 Å². The van der Waals surface area contributed by atoms with Gasteiger partial charge in [0.1, 0.15) is 5.75 Å². The fraction of sp³-hybridized carbons (Fsp3) is 0.706. The highest BCUT2D eigenvalue weighted by Gasteiger charge is 2.41. The van der Waals surface area contributed by atoms with E-state index in [0.29, 0.717) is 18.0 Å². The predicted octanol–water partition coefficient (Wildman–Crippen LogP) is 2.78. The lowest BCUT2D eigenvalue weighted by Crippen LogP contribution is -2.41. The number of ether oxygens (including phenoxy) is 1. The van der Waals surface area contributed by atoms with Crippen LogP contribution in [0.5, 0.6) is 5.75 Å². The number of hydrogen-bond acceptors (Lipinski definition) is 4. The van der Waals surface area contributed by atoms with Crippen molar-refractivity contribution < 1.29 is 9.84 Å². The second-order valence-electron chi connectivity index (χ2n) is 6.85. The standard InChI is InChI=1S/C17H26N2O2/c1-11(2)21-16-8-13(9-18-10-16)17(20)12-6-14-4-5-15(7-12)19(14)3/h8-12,14-15,17,20H,4-7H2,1-3H3. The van der Waals surface area contributed by atoms with E-state index < -0.39 is 6.10 Å². The molecular weight excluding hydrogens is 264 g/mol. The third kappa shape index (κ3) is 3.06. The Bertz CT molecular complexity index is 477. The molecule has 1 aromatic heterocycles. The van der Waals surface area contributed by atoms with Gasteiger partial charge in [0.2, 0.25) is 0 Å². The summed E-state index contributed by atoms with van der Waals surface area (Å²) >= 11 is 0. The molecule has 2 aliphatic heterocycles. The molecule has 0 spiro atoms. The van der Waals surface area contributed by atoms with Crippen LogP contribution in [0.15, 0.2) is 18.5 Å². The summed E-state index contributed by atoms with van der Waals surface area (Å²) in [5.41, 5.74) is 0.891. The van der Waals surface area contributed by atoms with Crippen LogP contribution in [0.3, 0.4) is 0 Å². The molecule has 21 heavy (non-hydrogen) atoms. The molecule has 2 bridgehead atoms. The molecule has 0 aliphatic carbocycles. The van der Waals surface area contributed by atoms with Crippen molar-refractivity contribution in [2.75, 3.05) is 7.05 Å². The lowest BCUT2D eigenvalue weighted by molar-refractivity contribution is 0.0352. The molecule has 2 saturated heterocycles. The van der Waals surface area contributed by atoms with E-state index in [0.717, 1.165) is 24.2 Å². The third-order valence-electron chi connectivity index (χ3n) is 5.03. The molecule has 2 aliphatic rings. The first-order valence-corrected chi connectivity index (χ1v) is 8.06. The maximum atomic E-state index is 10.7. The average Bonchev–Trinajstić information content (AvgIpc) is 2.67. The number of nitrogens with zero attached hydrogens (tertiary/aromatic N) is 2. The van der Waals surface area contributed by atoms with E-state index in [1.165, 1.54) is 12.8 Å². The van der Waals surface area contributed by atoms with Gasteiger partial charge in [-0.15, -0.1) is 0 Å². The molecular formula is C17H26N2O2. The van der Waals surface area contributed by atoms with Crippen molar-refractivity contribution in [3.05, 3.63) is 24.0 Å². The van der Waals surface area contributed by atoms with Crippen LogP contribution >= 0.6 is 0 Å². The third-order valence-corrected chi connectivity index (χ3v) is 5.03. The van der Waals surface area contributed by atoms with E-state index >= 15 is 0 Å². The smallest absolute Gasteiger partial charge is 0.138 e. The van der Waals surface area contributed by atoms with Gasteiger partial charge in [-0.25, -0.2) is 0 Å². The van der Waals surface area contributed by atoms with Gasteiger partial charge in [0, 0.05) is 23.8 Å². The molecule has 3 atom stereocenters. The summed E-state index contributed by atoms with van der Waals surface area (Å²) in [4.78, 5) is 6.73. The van der Waals surface area contributed by atoms with Crippen molar-refractivity contribution in [3.63, 3.8) is 0 Å². The van der Waals surface area contributed by atoms with Crippen molar-refractivity contribution in [1.82, 2.24) is 9.88 Å². The van der Waals surface area contributed by atoms with Crippen molar-refractivity contribution in [2.24, 2.45) is 5.92 Å². The molecule has 1 aromatic rings. The maximum absolute atomic E-state index is 10.7. The topological polar surface area (TPSA) is 45.6 Å². The Morgan fingerprint density at radius 3 is 2.52 bits per heavy atom. The Morgan fingerprint density at radius 1 is 1.24 bits per heavy atom. The molecule has 4 heteroatoms. The van der Waals surface area contributed by atoms with Gasteiger partial charge in [-0.05, 0) is 58.6 Å². The van der Waals surface area contributed by atoms with Gasteiger partial charge in [-0.3, -0.25) is 4.98 Å². The van der Waals surface area contributed by atoms with Crippen molar-refractivity contribution in [2.45, 2.75) is 63.8 Å². The highest BCUT2D eigenvalue weighted by molar-refractivity contribution is 5.26. The summed E-state index contributed by atoms with van der Waals surface area (Å²) < 4.78 is 5.68. The first kappa shape index (κ1) is 14.8. The monoisotopic (exact) mass is 290 g/mol. The highest BCUT2D eigenvalue weighted by Crippen LogP contribution is 2.42. The number of aromatic nitrogens is 1. The van der Waals surface area contributed by atoms with Gasteiger partial charge < -0.3 is 14.7 Å². The fourth-order valence-corrected chi connectivity index (χ4v) is 3.92. The Hall–Kier alpha value is -1.13. The second-order valence-corrected chi connectivity index (χ2v) is 6.85. The van der Waals surface area contributed by atoms with E-state index in [9.17, 15) is 5.11 Å². The summed E-state index contributed by atoms with van der Waals surface area (Å²) in [7, 11) is 2.23. The number of pyridine rings is 1. The zero-order valence-electron chi connectivity index (χ0n) is 13.2. The Kier molecular flexibility index (Phi) is 4.18. The summed E-state index contributed by atoms with van der Waals surface area (Å²) in [6, 6.07) is 3.23. The molecule has 0 aromatic carbocycles. The van der Waals surface area contributed by atoms with E-state index in [-0.39, 0.29) is 6.10 Å². The number of aliphatic hydroxyl groups is 1. The summed E-state index contributed by atoms with van der Waals surface area (Å²) in [6.45, 7) is 4.00. The molecule has 0 amide bonds. The van der Waals surface area contributed by atoms with Gasteiger partial charge >= 0.3 is 0 Å².